The molecule has 6 nitrogen and oxygen atoms in total. The predicted octanol–water partition coefficient (Wildman–Crippen LogP) is 3.60. The van der Waals surface area contributed by atoms with E-state index in [0.717, 1.165) is 4.88 Å². The van der Waals surface area contributed by atoms with E-state index in [4.69, 9.17) is 9.47 Å². The van der Waals surface area contributed by atoms with Gasteiger partial charge in [-0.05, 0) is 49.6 Å². The van der Waals surface area contributed by atoms with Crippen molar-refractivity contribution in [1.82, 2.24) is 4.90 Å². The lowest BCUT2D eigenvalue weighted by Crippen LogP contribution is -2.32. The number of thiophene rings is 1. The molecule has 1 aromatic heterocycles. The number of ether oxygens (including phenoxy) is 2. The number of likely N-dealkylation sites (tertiary alicyclic amines) is 1. The summed E-state index contributed by atoms with van der Waals surface area (Å²) in [5.74, 6) is -0.832. The lowest BCUT2D eigenvalue weighted by atomic mass is 10.00. The number of hydrogen-bond donors (Lipinski definition) is 1. The van der Waals surface area contributed by atoms with Crippen molar-refractivity contribution in [2.45, 2.75) is 26.0 Å². The summed E-state index contributed by atoms with van der Waals surface area (Å²) in [5, 5.41) is 12.8. The average Bonchev–Trinajstić information content (AvgIpc) is 3.27. The van der Waals surface area contributed by atoms with Gasteiger partial charge < -0.3 is 19.5 Å². The van der Waals surface area contributed by atoms with Crippen molar-refractivity contribution < 1.29 is 24.2 Å². The van der Waals surface area contributed by atoms with Crippen molar-refractivity contribution in [3.05, 3.63) is 57.8 Å². The molecule has 1 amide bonds. The van der Waals surface area contributed by atoms with Crippen LogP contribution in [0.2, 0.25) is 0 Å². The van der Waals surface area contributed by atoms with Gasteiger partial charge >= 0.3 is 0 Å². The molecule has 0 aliphatic carbocycles. The lowest BCUT2D eigenvalue weighted by Gasteiger charge is -2.23. The topological polar surface area (TPSA) is 76.1 Å². The van der Waals surface area contributed by atoms with Crippen LogP contribution in [0.1, 0.15) is 30.3 Å². The van der Waals surface area contributed by atoms with Crippen molar-refractivity contribution in [3.8, 4) is 5.75 Å². The molecule has 28 heavy (non-hydrogen) atoms. The van der Waals surface area contributed by atoms with Crippen LogP contribution in [-0.4, -0.2) is 48.1 Å². The molecular formula is C21H23NO5S. The third-order valence-corrected chi connectivity index (χ3v) is 5.31. The number of carbonyl (C=O) groups is 2. The number of nitrogens with zero attached hydrogens (tertiary/aromatic N) is 1. The Labute approximate surface area is 168 Å². The Bertz CT molecular complexity index is 871. The van der Waals surface area contributed by atoms with Crippen LogP contribution >= 0.6 is 11.3 Å². The number of carbonyl (C=O) groups excluding carboxylic acids is 2. The minimum absolute atomic E-state index is 0.0318. The van der Waals surface area contributed by atoms with Crippen molar-refractivity contribution in [1.29, 1.82) is 0 Å². The lowest BCUT2D eigenvalue weighted by molar-refractivity contribution is -0.140. The fourth-order valence-electron chi connectivity index (χ4n) is 3.16. The highest BCUT2D eigenvalue weighted by molar-refractivity contribution is 7.10. The summed E-state index contributed by atoms with van der Waals surface area (Å²) in [6, 6.07) is 9.92. The van der Waals surface area contributed by atoms with Crippen LogP contribution in [0.15, 0.2) is 47.4 Å². The van der Waals surface area contributed by atoms with Gasteiger partial charge in [0.25, 0.3) is 11.7 Å². The molecule has 0 saturated carbocycles. The van der Waals surface area contributed by atoms with Gasteiger partial charge in [-0.2, -0.15) is 0 Å². The van der Waals surface area contributed by atoms with Gasteiger partial charge in [0.2, 0.25) is 0 Å². The SMILES string of the molecule is COCCN1C(=O)C(=O)/C(=C(\O)c2ccc(OC(C)C)cc2)C1c1cccs1. The monoisotopic (exact) mass is 401 g/mol. The van der Waals surface area contributed by atoms with Crippen molar-refractivity contribution in [2.75, 3.05) is 20.3 Å². The summed E-state index contributed by atoms with van der Waals surface area (Å²) < 4.78 is 10.7. The fraction of sp³-hybridized carbons (Fsp3) is 0.333. The van der Waals surface area contributed by atoms with E-state index < -0.39 is 17.7 Å². The highest BCUT2D eigenvalue weighted by Crippen LogP contribution is 2.41. The molecule has 148 valence electrons. The number of aliphatic hydroxyl groups excluding tert-OH is 1. The summed E-state index contributed by atoms with van der Waals surface area (Å²) in [6.07, 6.45) is 0.0318. The van der Waals surface area contributed by atoms with E-state index in [1.54, 1.807) is 24.3 Å². The second-order valence-corrected chi connectivity index (χ2v) is 7.67. The first kappa shape index (κ1) is 20.1. The van der Waals surface area contributed by atoms with Crippen molar-refractivity contribution in [3.63, 3.8) is 0 Å². The fourth-order valence-corrected chi connectivity index (χ4v) is 4.01. The molecule has 7 heteroatoms. The number of methoxy groups -OCH3 is 1. The van der Waals surface area contributed by atoms with Crippen LogP contribution < -0.4 is 4.74 Å². The third-order valence-electron chi connectivity index (χ3n) is 4.39. The summed E-state index contributed by atoms with van der Waals surface area (Å²) >= 11 is 1.43. The Morgan fingerprint density at radius 2 is 1.93 bits per heavy atom. The molecule has 0 bridgehead atoms. The van der Waals surface area contributed by atoms with E-state index in [-0.39, 0.29) is 24.0 Å². The van der Waals surface area contributed by atoms with Gasteiger partial charge in [-0.3, -0.25) is 9.59 Å². The number of benzene rings is 1. The van der Waals surface area contributed by atoms with E-state index >= 15 is 0 Å². The Morgan fingerprint density at radius 1 is 1.21 bits per heavy atom. The number of aliphatic hydroxyl groups is 1. The van der Waals surface area contributed by atoms with Crippen LogP contribution in [0.4, 0.5) is 0 Å². The van der Waals surface area contributed by atoms with Crippen molar-refractivity contribution in [2.24, 2.45) is 0 Å². The highest BCUT2D eigenvalue weighted by atomic mass is 32.1. The molecule has 1 fully saturated rings. The second kappa shape index (κ2) is 8.58. The van der Waals surface area contributed by atoms with E-state index in [0.29, 0.717) is 17.9 Å². The van der Waals surface area contributed by atoms with Crippen LogP contribution in [0.25, 0.3) is 5.76 Å². The molecule has 0 spiro atoms. The van der Waals surface area contributed by atoms with E-state index in [2.05, 4.69) is 0 Å². The zero-order valence-electron chi connectivity index (χ0n) is 16.0. The first-order chi connectivity index (χ1) is 13.4. The molecule has 2 aromatic rings. The van der Waals surface area contributed by atoms with Gasteiger partial charge in [0.1, 0.15) is 11.5 Å². The predicted molar refractivity (Wildman–Crippen MR) is 107 cm³/mol. The standard InChI is InChI=1S/C21H23NO5S/c1-13(2)27-15-8-6-14(7-9-15)19(23)17-18(16-5-4-12-28-16)22(10-11-26-3)21(25)20(17)24/h4-9,12-13,18,23H,10-11H2,1-3H3/b19-17-. The quantitative estimate of drug-likeness (QED) is 0.436. The van der Waals surface area contributed by atoms with E-state index in [1.807, 2.05) is 31.4 Å². The minimum atomic E-state index is -0.686. The van der Waals surface area contributed by atoms with Crippen molar-refractivity contribution >= 4 is 28.8 Å². The highest BCUT2D eigenvalue weighted by Gasteiger charge is 2.46. The molecule has 1 unspecified atom stereocenters. The summed E-state index contributed by atoms with van der Waals surface area (Å²) in [4.78, 5) is 27.6. The Kier molecular flexibility index (Phi) is 6.16. The smallest absolute Gasteiger partial charge is 0.295 e. The van der Waals surface area contributed by atoms with Gasteiger partial charge in [0.05, 0.1) is 24.3 Å². The Morgan fingerprint density at radius 3 is 2.50 bits per heavy atom. The number of rotatable bonds is 7. The van der Waals surface area contributed by atoms with Gasteiger partial charge in [0.15, 0.2) is 0 Å². The first-order valence-electron chi connectivity index (χ1n) is 9.02. The Balaban J connectivity index is 2.03. The Hall–Kier alpha value is -2.64. The second-order valence-electron chi connectivity index (χ2n) is 6.69. The van der Waals surface area contributed by atoms with E-state index in [9.17, 15) is 14.7 Å². The van der Waals surface area contributed by atoms with Gasteiger partial charge in [0, 0.05) is 24.1 Å². The summed E-state index contributed by atoms with van der Waals surface area (Å²) in [5.41, 5.74) is 0.559. The number of amides is 1. The van der Waals surface area contributed by atoms with Crippen LogP contribution in [-0.2, 0) is 14.3 Å². The molecule has 1 aromatic carbocycles. The zero-order valence-corrected chi connectivity index (χ0v) is 16.9. The maximum absolute atomic E-state index is 12.7. The maximum atomic E-state index is 12.7. The molecule has 3 rings (SSSR count). The van der Waals surface area contributed by atoms with Crippen LogP contribution in [0, 0.1) is 0 Å². The normalized spacial score (nSPS) is 18.9. The van der Waals surface area contributed by atoms with Gasteiger partial charge in [-0.1, -0.05) is 6.07 Å². The zero-order chi connectivity index (χ0) is 20.3. The molecule has 1 atom stereocenters. The first-order valence-corrected chi connectivity index (χ1v) is 9.89. The minimum Gasteiger partial charge on any atom is -0.507 e. The van der Waals surface area contributed by atoms with Gasteiger partial charge in [-0.25, -0.2) is 0 Å². The molecule has 1 aliphatic heterocycles. The average molecular weight is 401 g/mol. The molecule has 1 saturated heterocycles. The number of Topliss-reactive ketones (excluding diaryl/α,β-unsaturated/α-hetero) is 1. The number of hydrogen-bond acceptors (Lipinski definition) is 6. The molecular weight excluding hydrogens is 378 g/mol. The third kappa shape index (κ3) is 3.95. The molecule has 2 heterocycles. The summed E-state index contributed by atoms with van der Waals surface area (Å²) in [6.45, 7) is 4.42. The largest absolute Gasteiger partial charge is 0.507 e. The summed E-state index contributed by atoms with van der Waals surface area (Å²) in [7, 11) is 1.54. The maximum Gasteiger partial charge on any atom is 0.295 e. The molecule has 0 radical (unpaired) electrons. The van der Waals surface area contributed by atoms with Gasteiger partial charge in [-0.15, -0.1) is 11.3 Å². The van der Waals surface area contributed by atoms with Crippen LogP contribution in [0.3, 0.4) is 0 Å². The molecule has 1 aliphatic rings. The van der Waals surface area contributed by atoms with E-state index in [1.165, 1.54) is 23.3 Å². The van der Waals surface area contributed by atoms with Crippen LogP contribution in [0.5, 0.6) is 5.75 Å². The molecule has 1 N–H and O–H groups in total. The number of ketones is 1.